The molecule has 0 aliphatic rings. The molecule has 0 N–H and O–H groups in total. The van der Waals surface area contributed by atoms with Crippen LogP contribution in [0.25, 0.3) is 0 Å². The van der Waals surface area contributed by atoms with Gasteiger partial charge < -0.3 is 9.98 Å². The minimum absolute atomic E-state index is 0.191. The summed E-state index contributed by atoms with van der Waals surface area (Å²) in [6.45, 7) is 8.43. The Hall–Kier alpha value is -1.16. The van der Waals surface area contributed by atoms with Crippen LogP contribution in [-0.2, 0) is 5.75 Å². The summed E-state index contributed by atoms with van der Waals surface area (Å²) in [7, 11) is 0. The Kier molecular flexibility index (Phi) is 6.55. The molecular formula is C13H17FN2S. The molecule has 1 aromatic rings. The van der Waals surface area contributed by atoms with Crippen molar-refractivity contribution in [1.82, 2.24) is 0 Å². The summed E-state index contributed by atoms with van der Waals surface area (Å²) in [6, 6.07) is 6.61. The summed E-state index contributed by atoms with van der Waals surface area (Å²) in [5, 5.41) is 0. The quantitative estimate of drug-likeness (QED) is 0.653. The molecule has 0 fully saturated rings. The highest BCUT2D eigenvalue weighted by Crippen LogP contribution is 2.16. The van der Waals surface area contributed by atoms with Crippen LogP contribution in [-0.4, -0.2) is 32.3 Å². The Morgan fingerprint density at radius 2 is 1.71 bits per heavy atom. The van der Waals surface area contributed by atoms with Crippen molar-refractivity contribution in [3.63, 3.8) is 0 Å². The predicted octanol–water partition coefficient (Wildman–Crippen LogP) is 3.08. The van der Waals surface area contributed by atoms with Crippen LogP contribution in [0.5, 0.6) is 0 Å². The third-order valence-corrected chi connectivity index (χ3v) is 3.55. The summed E-state index contributed by atoms with van der Waals surface area (Å²) >= 11 is 1.80. The largest absolute Gasteiger partial charge is 0.301 e. The molecule has 0 bridgehead atoms. The first-order valence-electron chi connectivity index (χ1n) is 5.43. The van der Waals surface area contributed by atoms with Crippen LogP contribution in [0.1, 0.15) is 5.56 Å². The lowest BCUT2D eigenvalue weighted by Crippen LogP contribution is -2.11. The molecule has 0 saturated heterocycles. The zero-order valence-corrected chi connectivity index (χ0v) is 10.6. The monoisotopic (exact) mass is 252 g/mol. The van der Waals surface area contributed by atoms with Gasteiger partial charge in [0, 0.05) is 24.8 Å². The number of nitrogens with zero attached hydrogens (tertiary/aromatic N) is 2. The number of aliphatic imine (C=N–C) groups is 2. The van der Waals surface area contributed by atoms with Crippen LogP contribution >= 0.6 is 11.8 Å². The van der Waals surface area contributed by atoms with E-state index in [2.05, 4.69) is 23.4 Å². The maximum Gasteiger partial charge on any atom is 0.123 e. The van der Waals surface area contributed by atoms with Gasteiger partial charge in [-0.25, -0.2) is 4.39 Å². The van der Waals surface area contributed by atoms with Crippen molar-refractivity contribution in [2.45, 2.75) is 5.75 Å². The van der Waals surface area contributed by atoms with E-state index in [0.717, 1.165) is 30.2 Å². The molecule has 0 aromatic heterocycles. The Balaban J connectivity index is 2.32. The highest BCUT2D eigenvalue weighted by molar-refractivity contribution is 7.98. The van der Waals surface area contributed by atoms with Gasteiger partial charge in [0.25, 0.3) is 0 Å². The highest BCUT2D eigenvalue weighted by atomic mass is 32.2. The van der Waals surface area contributed by atoms with E-state index >= 15 is 0 Å². The summed E-state index contributed by atoms with van der Waals surface area (Å²) in [5.74, 6) is 2.05. The number of benzene rings is 1. The van der Waals surface area contributed by atoms with Crippen LogP contribution in [0.4, 0.5) is 4.39 Å². The van der Waals surface area contributed by atoms with Gasteiger partial charge in [-0.05, 0) is 36.9 Å². The first kappa shape index (κ1) is 13.9. The second kappa shape index (κ2) is 8.01. The summed E-state index contributed by atoms with van der Waals surface area (Å²) in [4.78, 5) is 7.78. The summed E-state index contributed by atoms with van der Waals surface area (Å²) in [6.07, 6.45) is 0. The lowest BCUT2D eigenvalue weighted by Gasteiger charge is -2.11. The van der Waals surface area contributed by atoms with Crippen molar-refractivity contribution in [1.29, 1.82) is 0 Å². The SMILES string of the molecule is C=NCC(CN=C)CSCc1ccc(F)cc1. The maximum atomic E-state index is 12.7. The van der Waals surface area contributed by atoms with Crippen LogP contribution in [0, 0.1) is 11.7 Å². The first-order chi connectivity index (χ1) is 8.26. The van der Waals surface area contributed by atoms with E-state index < -0.39 is 0 Å². The predicted molar refractivity (Wildman–Crippen MR) is 74.9 cm³/mol. The number of hydrogen-bond acceptors (Lipinski definition) is 3. The van der Waals surface area contributed by atoms with Crippen molar-refractivity contribution in [2.75, 3.05) is 18.8 Å². The van der Waals surface area contributed by atoms with Crippen molar-refractivity contribution in [3.05, 3.63) is 35.6 Å². The van der Waals surface area contributed by atoms with Gasteiger partial charge >= 0.3 is 0 Å². The summed E-state index contributed by atoms with van der Waals surface area (Å²) < 4.78 is 12.7. The van der Waals surface area contributed by atoms with E-state index in [4.69, 9.17) is 0 Å². The molecule has 2 nitrogen and oxygen atoms in total. The molecule has 0 atom stereocenters. The third-order valence-electron chi connectivity index (χ3n) is 2.31. The molecule has 0 amide bonds. The van der Waals surface area contributed by atoms with E-state index in [0.29, 0.717) is 5.92 Å². The lowest BCUT2D eigenvalue weighted by molar-refractivity contribution is 0.625. The van der Waals surface area contributed by atoms with E-state index in [1.807, 2.05) is 12.1 Å². The fourth-order valence-corrected chi connectivity index (χ4v) is 2.54. The maximum absolute atomic E-state index is 12.7. The molecule has 92 valence electrons. The van der Waals surface area contributed by atoms with Gasteiger partial charge in [-0.3, -0.25) is 0 Å². The molecular weight excluding hydrogens is 235 g/mol. The standard InChI is InChI=1S/C13H17FN2S/c1-15-7-12(8-16-2)10-17-9-11-3-5-13(14)6-4-11/h3-6,12H,1-2,7-10H2. The molecule has 0 unspecified atom stereocenters. The molecule has 0 radical (unpaired) electrons. The number of thioether (sulfide) groups is 1. The fraction of sp³-hybridized carbons (Fsp3) is 0.385. The summed E-state index contributed by atoms with van der Waals surface area (Å²) in [5.41, 5.74) is 1.13. The van der Waals surface area contributed by atoms with E-state index in [9.17, 15) is 4.39 Å². The van der Waals surface area contributed by atoms with Gasteiger partial charge in [-0.1, -0.05) is 12.1 Å². The van der Waals surface area contributed by atoms with Crippen molar-refractivity contribution in [2.24, 2.45) is 15.9 Å². The van der Waals surface area contributed by atoms with E-state index in [1.54, 1.807) is 11.8 Å². The third kappa shape index (κ3) is 5.63. The van der Waals surface area contributed by atoms with Crippen LogP contribution in [0.2, 0.25) is 0 Å². The van der Waals surface area contributed by atoms with Gasteiger partial charge in [0.2, 0.25) is 0 Å². The van der Waals surface area contributed by atoms with Gasteiger partial charge in [0.05, 0.1) is 0 Å². The minimum Gasteiger partial charge on any atom is -0.301 e. The fourth-order valence-electron chi connectivity index (χ4n) is 1.45. The van der Waals surface area contributed by atoms with Gasteiger partial charge in [0.1, 0.15) is 5.82 Å². The van der Waals surface area contributed by atoms with Crippen molar-refractivity contribution in [3.8, 4) is 0 Å². The highest BCUT2D eigenvalue weighted by Gasteiger charge is 2.06. The number of hydrogen-bond donors (Lipinski definition) is 0. The second-order valence-corrected chi connectivity index (χ2v) is 4.85. The van der Waals surface area contributed by atoms with E-state index in [-0.39, 0.29) is 5.82 Å². The smallest absolute Gasteiger partial charge is 0.123 e. The Morgan fingerprint density at radius 1 is 1.12 bits per heavy atom. The Morgan fingerprint density at radius 3 is 2.24 bits per heavy atom. The number of halogens is 1. The van der Waals surface area contributed by atoms with E-state index in [1.165, 1.54) is 12.1 Å². The van der Waals surface area contributed by atoms with Crippen LogP contribution < -0.4 is 0 Å². The zero-order chi connectivity index (χ0) is 12.5. The topological polar surface area (TPSA) is 24.7 Å². The average Bonchev–Trinajstić information content (AvgIpc) is 2.32. The molecule has 0 aliphatic carbocycles. The molecule has 0 heterocycles. The van der Waals surface area contributed by atoms with Gasteiger partial charge in [-0.2, -0.15) is 11.8 Å². The van der Waals surface area contributed by atoms with Crippen molar-refractivity contribution < 1.29 is 4.39 Å². The Bertz CT molecular complexity index is 341. The second-order valence-electron chi connectivity index (χ2n) is 3.82. The number of rotatable bonds is 8. The lowest BCUT2D eigenvalue weighted by atomic mass is 10.2. The molecule has 1 aromatic carbocycles. The van der Waals surface area contributed by atoms with Crippen molar-refractivity contribution >= 4 is 25.2 Å². The van der Waals surface area contributed by atoms with Crippen LogP contribution in [0.15, 0.2) is 34.3 Å². The normalized spacial score (nSPS) is 10.5. The molecule has 0 aliphatic heterocycles. The molecule has 17 heavy (non-hydrogen) atoms. The zero-order valence-electron chi connectivity index (χ0n) is 9.81. The molecule has 4 heteroatoms. The van der Waals surface area contributed by atoms with Gasteiger partial charge in [0.15, 0.2) is 0 Å². The Labute approximate surface area is 106 Å². The molecule has 0 spiro atoms. The first-order valence-corrected chi connectivity index (χ1v) is 6.59. The average molecular weight is 252 g/mol. The molecule has 0 saturated carbocycles. The van der Waals surface area contributed by atoms with Gasteiger partial charge in [-0.15, -0.1) is 0 Å². The molecule has 1 rings (SSSR count). The van der Waals surface area contributed by atoms with Crippen LogP contribution in [0.3, 0.4) is 0 Å². The minimum atomic E-state index is -0.191.